The van der Waals surface area contributed by atoms with Crippen LogP contribution in [-0.2, 0) is 6.18 Å². The Labute approximate surface area is 170 Å². The highest BCUT2D eigenvalue weighted by Gasteiger charge is 2.42. The van der Waals surface area contributed by atoms with Crippen LogP contribution in [0.25, 0.3) is 11.5 Å². The van der Waals surface area contributed by atoms with Crippen molar-refractivity contribution in [2.75, 3.05) is 17.2 Å². The Morgan fingerprint density at radius 2 is 1.83 bits per heavy atom. The number of anilines is 2. The number of aromatic nitrogens is 2. The van der Waals surface area contributed by atoms with Crippen LogP contribution in [0.5, 0.6) is 0 Å². The Kier molecular flexibility index (Phi) is 5.79. The molecule has 0 bridgehead atoms. The molecule has 3 aromatic rings. The molecule has 0 unspecified atom stereocenters. The molecule has 2 aromatic heterocycles. The Balaban J connectivity index is 1.83. The molecule has 158 valence electrons. The molecule has 0 spiro atoms. The average molecular weight is 420 g/mol. The predicted octanol–water partition coefficient (Wildman–Crippen LogP) is 4.19. The van der Waals surface area contributed by atoms with Crippen LogP contribution in [0.4, 0.5) is 24.7 Å². The summed E-state index contributed by atoms with van der Waals surface area (Å²) in [5.74, 6) is -2.44. The second kappa shape index (κ2) is 8.15. The van der Waals surface area contributed by atoms with Gasteiger partial charge >= 0.3 is 6.18 Å². The second-order valence-corrected chi connectivity index (χ2v) is 7.11. The van der Waals surface area contributed by atoms with Crippen LogP contribution in [0.2, 0.25) is 0 Å². The molecule has 0 fully saturated rings. The highest BCUT2D eigenvalue weighted by molar-refractivity contribution is 6.04. The van der Waals surface area contributed by atoms with E-state index < -0.39 is 29.1 Å². The first-order valence-corrected chi connectivity index (χ1v) is 8.89. The van der Waals surface area contributed by atoms with Crippen LogP contribution in [0.1, 0.15) is 30.1 Å². The fourth-order valence-electron chi connectivity index (χ4n) is 2.49. The van der Waals surface area contributed by atoms with Crippen molar-refractivity contribution >= 4 is 17.4 Å². The number of rotatable bonds is 6. The fraction of sp³-hybridized carbons (Fsp3) is 0.250. The van der Waals surface area contributed by atoms with Gasteiger partial charge in [0, 0.05) is 5.56 Å². The molecular formula is C20H19F3N4O3. The van der Waals surface area contributed by atoms with E-state index in [1.165, 1.54) is 30.5 Å². The largest absolute Gasteiger partial charge is 0.452 e. The maximum absolute atomic E-state index is 13.4. The van der Waals surface area contributed by atoms with E-state index in [0.29, 0.717) is 11.4 Å². The number of hydrogen-bond donors (Lipinski definition) is 3. The van der Waals surface area contributed by atoms with E-state index in [0.717, 1.165) is 0 Å². The van der Waals surface area contributed by atoms with Gasteiger partial charge in [0.2, 0.25) is 11.7 Å². The van der Waals surface area contributed by atoms with Gasteiger partial charge in [0.15, 0.2) is 5.69 Å². The van der Waals surface area contributed by atoms with Crippen LogP contribution in [0.15, 0.2) is 53.1 Å². The van der Waals surface area contributed by atoms with Gasteiger partial charge in [-0.2, -0.15) is 13.2 Å². The molecule has 0 aliphatic carbocycles. The second-order valence-electron chi connectivity index (χ2n) is 7.11. The van der Waals surface area contributed by atoms with E-state index in [1.807, 2.05) is 0 Å². The molecule has 10 heteroatoms. The number of benzene rings is 1. The Hall–Kier alpha value is -3.40. The summed E-state index contributed by atoms with van der Waals surface area (Å²) in [6.45, 7) is 3.39. The lowest BCUT2D eigenvalue weighted by Gasteiger charge is -2.24. The fourth-order valence-corrected chi connectivity index (χ4v) is 2.49. The van der Waals surface area contributed by atoms with Gasteiger partial charge in [-0.15, -0.1) is 0 Å². The highest BCUT2D eigenvalue weighted by Crippen LogP contribution is 2.35. The molecule has 1 aromatic carbocycles. The zero-order chi connectivity index (χ0) is 21.9. The number of pyridine rings is 1. The smallest absolute Gasteiger partial charge is 0.431 e. The number of amides is 1. The number of carbonyl (C=O) groups excluding carboxylic acids is 1. The number of carbonyl (C=O) groups is 1. The monoisotopic (exact) mass is 420 g/mol. The first-order valence-electron chi connectivity index (χ1n) is 8.89. The molecule has 30 heavy (non-hydrogen) atoms. The van der Waals surface area contributed by atoms with E-state index in [2.05, 4.69) is 20.6 Å². The van der Waals surface area contributed by atoms with E-state index >= 15 is 0 Å². The summed E-state index contributed by atoms with van der Waals surface area (Å²) < 4.78 is 45.0. The third-order valence-corrected chi connectivity index (χ3v) is 4.00. The normalized spacial score (nSPS) is 11.9. The van der Waals surface area contributed by atoms with Gasteiger partial charge in [0.25, 0.3) is 5.91 Å². The summed E-state index contributed by atoms with van der Waals surface area (Å²) in [5, 5.41) is 14.6. The van der Waals surface area contributed by atoms with E-state index in [9.17, 15) is 23.1 Å². The Morgan fingerprint density at radius 1 is 1.13 bits per heavy atom. The van der Waals surface area contributed by atoms with Gasteiger partial charge in [-0.25, -0.2) is 9.97 Å². The maximum Gasteiger partial charge on any atom is 0.452 e. The first kappa shape index (κ1) is 21.3. The summed E-state index contributed by atoms with van der Waals surface area (Å²) in [5.41, 5.74) is -1.01. The van der Waals surface area contributed by atoms with E-state index in [4.69, 9.17) is 4.42 Å². The summed E-state index contributed by atoms with van der Waals surface area (Å²) >= 11 is 0. The predicted molar refractivity (Wildman–Crippen MR) is 104 cm³/mol. The molecule has 0 atom stereocenters. The number of nitrogens with zero attached hydrogens (tertiary/aromatic N) is 2. The van der Waals surface area contributed by atoms with Crippen LogP contribution in [-0.4, -0.2) is 33.1 Å². The number of hydrogen-bond acceptors (Lipinski definition) is 6. The van der Waals surface area contributed by atoms with Crippen molar-refractivity contribution < 1.29 is 27.5 Å². The molecule has 0 aliphatic heterocycles. The third kappa shape index (κ3) is 4.95. The molecule has 0 saturated carbocycles. The minimum absolute atomic E-state index is 0.136. The van der Waals surface area contributed by atoms with Crippen molar-refractivity contribution in [1.82, 2.24) is 9.97 Å². The standard InChI is InChI=1S/C20H19F3N4O3/c1-19(2,11-28)27-14-9-8-13(10-24-14)25-17(29)15-16(20(21,22)23)30-18(26-15)12-6-4-3-5-7-12/h3-10,28H,11H2,1-2H3,(H,24,27)(H,25,29). The first-order chi connectivity index (χ1) is 14.1. The number of alkyl halides is 3. The number of nitrogens with one attached hydrogen (secondary N) is 2. The molecule has 3 N–H and O–H groups in total. The van der Waals surface area contributed by atoms with Gasteiger partial charge < -0.3 is 20.2 Å². The van der Waals surface area contributed by atoms with Gasteiger partial charge in [-0.1, -0.05) is 18.2 Å². The third-order valence-electron chi connectivity index (χ3n) is 4.00. The molecule has 1 amide bonds. The number of aliphatic hydroxyl groups is 1. The minimum Gasteiger partial charge on any atom is -0.431 e. The van der Waals surface area contributed by atoms with Crippen molar-refractivity contribution in [2.45, 2.75) is 25.6 Å². The SMILES string of the molecule is CC(C)(CO)Nc1ccc(NC(=O)c2nc(-c3ccccc3)oc2C(F)(F)F)cn1. The lowest BCUT2D eigenvalue weighted by atomic mass is 10.1. The van der Waals surface area contributed by atoms with Crippen molar-refractivity contribution in [3.05, 3.63) is 60.1 Å². The average Bonchev–Trinajstić information content (AvgIpc) is 3.16. The number of aliphatic hydroxyl groups excluding tert-OH is 1. The molecule has 7 nitrogen and oxygen atoms in total. The topological polar surface area (TPSA) is 100 Å². The van der Waals surface area contributed by atoms with Crippen LogP contribution < -0.4 is 10.6 Å². The molecule has 0 aliphatic rings. The summed E-state index contributed by atoms with van der Waals surface area (Å²) in [6, 6.07) is 11.0. The minimum atomic E-state index is -4.89. The lowest BCUT2D eigenvalue weighted by molar-refractivity contribution is -0.153. The molecule has 0 radical (unpaired) electrons. The van der Waals surface area contributed by atoms with Gasteiger partial charge in [-0.3, -0.25) is 4.79 Å². The zero-order valence-corrected chi connectivity index (χ0v) is 16.1. The van der Waals surface area contributed by atoms with Crippen molar-refractivity contribution in [2.24, 2.45) is 0 Å². The lowest BCUT2D eigenvalue weighted by Crippen LogP contribution is -2.35. The van der Waals surface area contributed by atoms with Crippen molar-refractivity contribution in [3.8, 4) is 11.5 Å². The van der Waals surface area contributed by atoms with Crippen LogP contribution in [0, 0.1) is 0 Å². The maximum atomic E-state index is 13.4. The Morgan fingerprint density at radius 3 is 2.40 bits per heavy atom. The zero-order valence-electron chi connectivity index (χ0n) is 16.1. The molecular weight excluding hydrogens is 401 g/mol. The summed E-state index contributed by atoms with van der Waals surface area (Å²) in [6.07, 6.45) is -3.62. The molecule has 0 saturated heterocycles. The van der Waals surface area contributed by atoms with Gasteiger partial charge in [0.1, 0.15) is 5.82 Å². The van der Waals surface area contributed by atoms with E-state index in [1.54, 1.807) is 32.0 Å². The van der Waals surface area contributed by atoms with Crippen LogP contribution >= 0.6 is 0 Å². The van der Waals surface area contributed by atoms with Crippen LogP contribution in [0.3, 0.4) is 0 Å². The van der Waals surface area contributed by atoms with Gasteiger partial charge in [-0.05, 0) is 38.1 Å². The summed E-state index contributed by atoms with van der Waals surface area (Å²) in [7, 11) is 0. The summed E-state index contributed by atoms with van der Waals surface area (Å²) in [4.78, 5) is 20.3. The quantitative estimate of drug-likeness (QED) is 0.553. The van der Waals surface area contributed by atoms with Gasteiger partial charge in [0.05, 0.1) is 24.0 Å². The highest BCUT2D eigenvalue weighted by atomic mass is 19.4. The number of oxazole rings is 1. The van der Waals surface area contributed by atoms with E-state index in [-0.39, 0.29) is 18.2 Å². The van der Waals surface area contributed by atoms with Crippen molar-refractivity contribution in [3.63, 3.8) is 0 Å². The molecule has 2 heterocycles. The Bertz CT molecular complexity index is 1020. The van der Waals surface area contributed by atoms with Crippen molar-refractivity contribution in [1.29, 1.82) is 0 Å². The number of halogens is 3. The molecule has 3 rings (SSSR count).